The SMILES string of the molecule is COc1c(O)cccc1C=CC(=O)O. The fourth-order valence-corrected chi connectivity index (χ4v) is 1.06. The number of hydrogen-bond donors (Lipinski definition) is 2. The molecular weight excluding hydrogens is 184 g/mol. The highest BCUT2D eigenvalue weighted by molar-refractivity contribution is 5.86. The zero-order valence-corrected chi connectivity index (χ0v) is 7.60. The number of phenolic OH excluding ortho intramolecular Hbond substituents is 1. The van der Waals surface area contributed by atoms with E-state index in [1.165, 1.54) is 19.3 Å². The number of aliphatic carboxylic acids is 1. The van der Waals surface area contributed by atoms with E-state index in [1.54, 1.807) is 12.1 Å². The van der Waals surface area contributed by atoms with Gasteiger partial charge in [-0.15, -0.1) is 0 Å². The number of carbonyl (C=O) groups is 1. The highest BCUT2D eigenvalue weighted by Crippen LogP contribution is 2.30. The molecule has 1 aromatic carbocycles. The number of benzene rings is 1. The standard InChI is InChI=1S/C10H10O4/c1-14-10-7(5-6-9(12)13)3-2-4-8(10)11/h2-6,11H,1H3,(H,12,13). The Kier molecular flexibility index (Phi) is 3.12. The average Bonchev–Trinajstić information content (AvgIpc) is 2.14. The monoisotopic (exact) mass is 194 g/mol. The van der Waals surface area contributed by atoms with Crippen molar-refractivity contribution in [3.8, 4) is 11.5 Å². The smallest absolute Gasteiger partial charge is 0.328 e. The van der Waals surface area contributed by atoms with Crippen LogP contribution in [-0.2, 0) is 4.79 Å². The van der Waals surface area contributed by atoms with Gasteiger partial charge in [-0.05, 0) is 12.1 Å². The van der Waals surface area contributed by atoms with Gasteiger partial charge in [0.1, 0.15) is 0 Å². The number of para-hydroxylation sites is 1. The summed E-state index contributed by atoms with van der Waals surface area (Å²) in [5.74, 6) is -0.791. The van der Waals surface area contributed by atoms with Crippen molar-refractivity contribution in [1.82, 2.24) is 0 Å². The van der Waals surface area contributed by atoms with Crippen molar-refractivity contribution in [2.75, 3.05) is 7.11 Å². The highest BCUT2D eigenvalue weighted by atomic mass is 16.5. The summed E-state index contributed by atoms with van der Waals surface area (Å²) < 4.78 is 4.91. The van der Waals surface area contributed by atoms with Crippen molar-refractivity contribution in [2.45, 2.75) is 0 Å². The molecule has 0 aliphatic carbocycles. The van der Waals surface area contributed by atoms with E-state index in [0.717, 1.165) is 6.08 Å². The summed E-state index contributed by atoms with van der Waals surface area (Å²) in [4.78, 5) is 10.3. The molecular formula is C10H10O4. The molecule has 14 heavy (non-hydrogen) atoms. The van der Waals surface area contributed by atoms with E-state index in [1.807, 2.05) is 0 Å². The Labute approximate surface area is 81.1 Å². The molecule has 0 unspecified atom stereocenters. The number of carboxylic acids is 1. The number of rotatable bonds is 3. The lowest BCUT2D eigenvalue weighted by molar-refractivity contribution is -0.131. The zero-order chi connectivity index (χ0) is 10.6. The predicted molar refractivity (Wildman–Crippen MR) is 51.3 cm³/mol. The fourth-order valence-electron chi connectivity index (χ4n) is 1.06. The van der Waals surface area contributed by atoms with Crippen LogP contribution < -0.4 is 4.74 Å². The highest BCUT2D eigenvalue weighted by Gasteiger charge is 2.04. The zero-order valence-electron chi connectivity index (χ0n) is 7.60. The molecule has 2 N–H and O–H groups in total. The van der Waals surface area contributed by atoms with E-state index in [4.69, 9.17) is 9.84 Å². The van der Waals surface area contributed by atoms with Gasteiger partial charge in [0.2, 0.25) is 0 Å². The Bertz CT molecular complexity index is 368. The number of phenols is 1. The molecule has 0 radical (unpaired) electrons. The van der Waals surface area contributed by atoms with Crippen molar-refractivity contribution < 1.29 is 19.7 Å². The van der Waals surface area contributed by atoms with Gasteiger partial charge >= 0.3 is 5.97 Å². The first-order chi connectivity index (χ1) is 6.65. The lowest BCUT2D eigenvalue weighted by atomic mass is 10.1. The molecule has 4 heteroatoms. The summed E-state index contributed by atoms with van der Waals surface area (Å²) in [6, 6.07) is 4.73. The van der Waals surface area contributed by atoms with Crippen LogP contribution in [0.25, 0.3) is 6.08 Å². The summed E-state index contributed by atoms with van der Waals surface area (Å²) >= 11 is 0. The van der Waals surface area contributed by atoms with Crippen molar-refractivity contribution in [1.29, 1.82) is 0 Å². The van der Waals surface area contributed by atoms with Crippen LogP contribution in [0.15, 0.2) is 24.3 Å². The number of methoxy groups -OCH3 is 1. The van der Waals surface area contributed by atoms with Gasteiger partial charge < -0.3 is 14.9 Å². The van der Waals surface area contributed by atoms with Crippen LogP contribution in [0.5, 0.6) is 11.5 Å². The Hall–Kier alpha value is -1.97. The molecule has 4 nitrogen and oxygen atoms in total. The molecule has 0 fully saturated rings. The second kappa shape index (κ2) is 4.32. The number of hydrogen-bond acceptors (Lipinski definition) is 3. The summed E-state index contributed by atoms with van der Waals surface area (Å²) in [7, 11) is 1.41. The Morgan fingerprint density at radius 1 is 1.50 bits per heavy atom. The van der Waals surface area contributed by atoms with E-state index < -0.39 is 5.97 Å². The minimum Gasteiger partial charge on any atom is -0.504 e. The van der Waals surface area contributed by atoms with Gasteiger partial charge in [0.15, 0.2) is 11.5 Å². The minimum absolute atomic E-state index is 0.0139. The predicted octanol–water partition coefficient (Wildman–Crippen LogP) is 1.50. The quantitative estimate of drug-likeness (QED) is 0.715. The van der Waals surface area contributed by atoms with Crippen LogP contribution in [0.3, 0.4) is 0 Å². The lowest BCUT2D eigenvalue weighted by Crippen LogP contribution is -1.89. The van der Waals surface area contributed by atoms with E-state index >= 15 is 0 Å². The molecule has 0 aromatic heterocycles. The van der Waals surface area contributed by atoms with Crippen molar-refractivity contribution in [3.05, 3.63) is 29.8 Å². The van der Waals surface area contributed by atoms with Crippen LogP contribution >= 0.6 is 0 Å². The Balaban J connectivity index is 3.08. The normalized spacial score (nSPS) is 10.4. The number of ether oxygens (including phenoxy) is 1. The second-order valence-electron chi connectivity index (χ2n) is 2.57. The van der Waals surface area contributed by atoms with E-state index in [0.29, 0.717) is 5.56 Å². The first kappa shape index (κ1) is 10.1. The number of carboxylic acid groups (broad SMARTS) is 1. The molecule has 0 aliphatic rings. The molecule has 0 aliphatic heterocycles. The summed E-state index contributed by atoms with van der Waals surface area (Å²) in [6.45, 7) is 0. The van der Waals surface area contributed by atoms with E-state index in [-0.39, 0.29) is 11.5 Å². The second-order valence-corrected chi connectivity index (χ2v) is 2.57. The molecule has 0 saturated heterocycles. The van der Waals surface area contributed by atoms with Gasteiger partial charge in [-0.25, -0.2) is 4.79 Å². The van der Waals surface area contributed by atoms with Gasteiger partial charge in [0.05, 0.1) is 7.11 Å². The Morgan fingerprint density at radius 2 is 2.21 bits per heavy atom. The van der Waals surface area contributed by atoms with Crippen molar-refractivity contribution >= 4 is 12.0 Å². The van der Waals surface area contributed by atoms with Gasteiger partial charge in [-0.3, -0.25) is 0 Å². The molecule has 0 spiro atoms. The van der Waals surface area contributed by atoms with E-state index in [9.17, 15) is 9.90 Å². The Morgan fingerprint density at radius 3 is 2.79 bits per heavy atom. The third-order valence-corrected chi connectivity index (χ3v) is 1.63. The molecule has 0 amide bonds. The van der Waals surface area contributed by atoms with Gasteiger partial charge in [-0.1, -0.05) is 12.1 Å². The maximum absolute atomic E-state index is 10.3. The van der Waals surface area contributed by atoms with Gasteiger partial charge in [0.25, 0.3) is 0 Å². The maximum atomic E-state index is 10.3. The molecule has 0 atom stereocenters. The largest absolute Gasteiger partial charge is 0.504 e. The molecule has 74 valence electrons. The summed E-state index contributed by atoms with van der Waals surface area (Å²) in [5.41, 5.74) is 0.523. The average molecular weight is 194 g/mol. The van der Waals surface area contributed by atoms with Crippen LogP contribution in [0, 0.1) is 0 Å². The molecule has 0 saturated carbocycles. The lowest BCUT2D eigenvalue weighted by Gasteiger charge is -2.05. The topological polar surface area (TPSA) is 66.8 Å². The van der Waals surface area contributed by atoms with Crippen molar-refractivity contribution in [3.63, 3.8) is 0 Å². The molecule has 0 bridgehead atoms. The van der Waals surface area contributed by atoms with Gasteiger partial charge in [-0.2, -0.15) is 0 Å². The van der Waals surface area contributed by atoms with Crippen LogP contribution in [0.1, 0.15) is 5.56 Å². The molecule has 1 rings (SSSR count). The third-order valence-electron chi connectivity index (χ3n) is 1.63. The molecule has 1 aromatic rings. The van der Waals surface area contributed by atoms with Crippen LogP contribution in [0.2, 0.25) is 0 Å². The first-order valence-electron chi connectivity index (χ1n) is 3.92. The first-order valence-corrected chi connectivity index (χ1v) is 3.92. The summed E-state index contributed by atoms with van der Waals surface area (Å²) in [6.07, 6.45) is 2.35. The van der Waals surface area contributed by atoms with Gasteiger partial charge in [0, 0.05) is 11.6 Å². The van der Waals surface area contributed by atoms with Crippen LogP contribution in [0.4, 0.5) is 0 Å². The molecule has 0 heterocycles. The summed E-state index contributed by atoms with van der Waals surface area (Å²) in [5, 5.41) is 17.8. The third kappa shape index (κ3) is 2.26. The van der Waals surface area contributed by atoms with E-state index in [2.05, 4.69) is 0 Å². The number of aromatic hydroxyl groups is 1. The minimum atomic E-state index is -1.05. The maximum Gasteiger partial charge on any atom is 0.328 e. The fraction of sp³-hybridized carbons (Fsp3) is 0.100. The van der Waals surface area contributed by atoms with Crippen molar-refractivity contribution in [2.24, 2.45) is 0 Å². The van der Waals surface area contributed by atoms with Crippen LogP contribution in [-0.4, -0.2) is 23.3 Å².